The number of hydrogen-bond acceptors (Lipinski definition) is 16. The molecule has 29 heteroatoms. The molecule has 0 bridgehead atoms. The Bertz CT molecular complexity index is 3800. The van der Waals surface area contributed by atoms with E-state index in [2.05, 4.69) is 56.8 Å². The fourth-order valence-electron chi connectivity index (χ4n) is 13.3. The Morgan fingerprint density at radius 2 is 1.27 bits per heavy atom. The molecule has 4 fully saturated rings. The number of phenols is 1. The Hall–Kier alpha value is -9.22. The van der Waals surface area contributed by atoms with E-state index in [1.165, 1.54) is 36.8 Å². The van der Waals surface area contributed by atoms with E-state index in [-0.39, 0.29) is 93.6 Å². The molecule has 10 rings (SSSR count). The van der Waals surface area contributed by atoms with Crippen LogP contribution >= 0.6 is 23.5 Å². The molecule has 3 aromatic carbocycles. The number of nitrogens with two attached hydrogens (primary N) is 2. The van der Waals surface area contributed by atoms with E-state index in [0.29, 0.717) is 72.0 Å². The zero-order chi connectivity index (χ0) is 69.6. The van der Waals surface area contributed by atoms with E-state index in [1.54, 1.807) is 11.0 Å². The summed E-state index contributed by atoms with van der Waals surface area (Å²) in [4.78, 5) is 165. The summed E-state index contributed by atoms with van der Waals surface area (Å²) in [5.41, 5.74) is 14.7. The Morgan fingerprint density at radius 3 is 1.85 bits per heavy atom. The van der Waals surface area contributed by atoms with Crippen LogP contribution in [0.1, 0.15) is 94.3 Å². The summed E-state index contributed by atoms with van der Waals surface area (Å²) >= 11 is 3.68. The number of para-hydroxylation sites is 2. The molecule has 1 unspecified atom stereocenters. The van der Waals surface area contributed by atoms with Crippen molar-refractivity contribution in [2.45, 2.75) is 150 Å². The van der Waals surface area contributed by atoms with Gasteiger partial charge in [0.15, 0.2) is 11.7 Å². The molecule has 3 aromatic heterocycles. The van der Waals surface area contributed by atoms with Crippen LogP contribution in [0.25, 0.3) is 21.8 Å². The van der Waals surface area contributed by atoms with E-state index in [4.69, 9.17) is 11.5 Å². The number of fused-ring (bicyclic) bond motifs is 3. The summed E-state index contributed by atoms with van der Waals surface area (Å²) in [6, 6.07) is 14.9. The number of amides is 8. The number of aliphatic hydroxyl groups excluding tert-OH is 1. The van der Waals surface area contributed by atoms with Crippen molar-refractivity contribution in [3.8, 4) is 5.75 Å². The Balaban J connectivity index is 0.886. The average Bonchev–Trinajstić information content (AvgIpc) is 1.63. The molecule has 3 saturated heterocycles. The average molecular weight is 1380 g/mol. The molecule has 1 saturated carbocycles. The zero-order valence-corrected chi connectivity index (χ0v) is 56.5. The Kier molecular flexibility index (Phi) is 24.4. The highest BCUT2D eigenvalue weighted by Crippen LogP contribution is 2.42. The minimum atomic E-state index is -1.76. The van der Waals surface area contributed by atoms with Crippen molar-refractivity contribution in [2.75, 3.05) is 37.9 Å². The number of benzene rings is 3. The molecule has 3 aliphatic heterocycles. The lowest BCUT2D eigenvalue weighted by Crippen LogP contribution is -2.60. The third-order valence-electron chi connectivity index (χ3n) is 18.5. The lowest BCUT2D eigenvalue weighted by Gasteiger charge is -2.32. The number of guanidine groups is 1. The van der Waals surface area contributed by atoms with Crippen LogP contribution in [0.4, 0.5) is 0 Å². The van der Waals surface area contributed by atoms with Gasteiger partial charge in [0.05, 0.1) is 19.0 Å². The van der Waals surface area contributed by atoms with Crippen LogP contribution in [0.5, 0.6) is 5.75 Å². The predicted molar refractivity (Wildman–Crippen MR) is 371 cm³/mol. The second kappa shape index (κ2) is 33.4. The number of rotatable bonds is 32. The number of aliphatic imine (C=N–C) groups is 1. The molecule has 8 amide bonds. The van der Waals surface area contributed by atoms with Gasteiger partial charge in [0.2, 0.25) is 47.3 Å². The van der Waals surface area contributed by atoms with Crippen molar-refractivity contribution in [2.24, 2.45) is 34.2 Å². The van der Waals surface area contributed by atoms with Gasteiger partial charge < -0.3 is 78.3 Å². The van der Waals surface area contributed by atoms with E-state index in [1.807, 2.05) is 96.9 Å². The summed E-state index contributed by atoms with van der Waals surface area (Å²) in [7, 11) is 0. The van der Waals surface area contributed by atoms with Gasteiger partial charge in [-0.1, -0.05) is 62.4 Å². The maximum Gasteiger partial charge on any atom is 0.245 e. The molecular weight excluding hydrogens is 1290 g/mol. The van der Waals surface area contributed by atoms with Crippen molar-refractivity contribution >= 4 is 110 Å². The SMILES string of the molecule is CC(C)C[C@H](CC(=O)[C@@H](Cc1cc2ccccc2[nH]1)NC(=O)[C@H](Cc1ccc(O)cc1)NC(=O)[C@H](CO)NC(=O)[C@H](Cc1cc2ccccc2[nH]1)NC(=O)[C@H](Cc1cnc[nH]1)NC(=O)[C@@H]1CCC(=O)C1)C(=O)N[C@@H](CCCN=C(N)N)C(=O)N1CCC[C@H]1C(=O)N1CC2SCS[C@@H]2C1. The van der Waals surface area contributed by atoms with Crippen LogP contribution in [0.2, 0.25) is 0 Å². The van der Waals surface area contributed by atoms with Crippen LogP contribution in [0.15, 0.2) is 102 Å². The van der Waals surface area contributed by atoms with E-state index in [9.17, 15) is 48.6 Å². The number of imidazole rings is 1. The zero-order valence-electron chi connectivity index (χ0n) is 54.8. The smallest absolute Gasteiger partial charge is 0.245 e. The predicted octanol–water partition coefficient (Wildman–Crippen LogP) is 2.30. The number of nitrogens with one attached hydrogen (secondary N) is 9. The molecule has 27 nitrogen and oxygen atoms in total. The Labute approximate surface area is 575 Å². The van der Waals surface area contributed by atoms with Gasteiger partial charge in [-0.25, -0.2) is 4.98 Å². The monoisotopic (exact) mass is 1380 g/mol. The highest BCUT2D eigenvalue weighted by atomic mass is 32.2. The Morgan fingerprint density at radius 1 is 0.694 bits per heavy atom. The first-order chi connectivity index (χ1) is 47.1. The number of thioether (sulfide) groups is 2. The van der Waals surface area contributed by atoms with Gasteiger partial charge in [-0.2, -0.15) is 0 Å². The summed E-state index contributed by atoms with van der Waals surface area (Å²) in [5, 5.41) is 41.1. The number of nitrogens with zero attached hydrogens (tertiary/aromatic N) is 4. The number of Topliss-reactive ketones (excluding diaryl/α,β-unsaturated/α-hetero) is 2. The van der Waals surface area contributed by atoms with E-state index < -0.39 is 114 Å². The molecule has 0 radical (unpaired) electrons. The summed E-state index contributed by atoms with van der Waals surface area (Å²) in [6.07, 6.45) is 4.04. The second-order valence-corrected chi connectivity index (χ2v) is 29.1. The van der Waals surface area contributed by atoms with Crippen LogP contribution in [0, 0.1) is 17.8 Å². The number of likely N-dealkylation sites (tertiary alicyclic amines) is 2. The van der Waals surface area contributed by atoms with Crippen LogP contribution < -0.4 is 43.4 Å². The fraction of sp³-hybridized carbons (Fsp3) is 0.478. The normalized spacial score (nSPS) is 19.6. The van der Waals surface area contributed by atoms with Gasteiger partial charge in [0.1, 0.15) is 47.8 Å². The van der Waals surface area contributed by atoms with Gasteiger partial charge in [-0.3, -0.25) is 52.9 Å². The number of H-pyrrole nitrogens is 3. The van der Waals surface area contributed by atoms with Crippen molar-refractivity contribution in [3.05, 3.63) is 120 Å². The number of phenolic OH excluding ortho intramolecular Hbond substituents is 1. The van der Waals surface area contributed by atoms with Gasteiger partial charge in [0.25, 0.3) is 0 Å². The first kappa shape index (κ1) is 71.5. The van der Waals surface area contributed by atoms with Crippen LogP contribution in [-0.4, -0.2) is 195 Å². The minimum Gasteiger partial charge on any atom is -0.508 e. The molecule has 15 N–H and O–H groups in total. The van der Waals surface area contributed by atoms with Crippen LogP contribution in [-0.2, 0) is 73.6 Å². The first-order valence-electron chi connectivity index (χ1n) is 33.4. The molecule has 522 valence electrons. The van der Waals surface area contributed by atoms with Gasteiger partial charge >= 0.3 is 0 Å². The summed E-state index contributed by atoms with van der Waals surface area (Å²) < 4.78 is 0. The van der Waals surface area contributed by atoms with E-state index >= 15 is 9.59 Å². The second-order valence-electron chi connectivity index (χ2n) is 26.3. The van der Waals surface area contributed by atoms with Gasteiger partial charge in [-0.05, 0) is 97.2 Å². The number of hydrogen-bond donors (Lipinski definition) is 13. The maximum atomic E-state index is 15.3. The summed E-state index contributed by atoms with van der Waals surface area (Å²) in [5.74, 6) is -8.02. The number of aliphatic hydroxyl groups is 1. The lowest BCUT2D eigenvalue weighted by molar-refractivity contribution is -0.145. The quantitative estimate of drug-likeness (QED) is 0.0164. The molecule has 4 aliphatic rings. The molecule has 98 heavy (non-hydrogen) atoms. The molecule has 0 spiro atoms. The molecule has 6 aromatic rings. The van der Waals surface area contributed by atoms with Crippen molar-refractivity contribution < 1.29 is 58.2 Å². The number of aromatic hydroxyl groups is 1. The number of carbonyl (C=O) groups excluding carboxylic acids is 10. The van der Waals surface area contributed by atoms with Crippen molar-refractivity contribution in [1.82, 2.24) is 61.6 Å². The summed E-state index contributed by atoms with van der Waals surface area (Å²) in [6.45, 7) is 4.45. The number of aromatic amines is 3. The maximum absolute atomic E-state index is 15.3. The standard InChI is InChI=1S/C69H87N15O12S2/c1-38(2)23-43(62(90)77-51(13-7-21-73-69(70)71)67(95)84-22-8-14-57(84)68(96)83-33-59-60(34-83)98-37-97-59)28-58(88)52(29-44-25-40-9-3-5-11-49(40)75-44)78-63(91)53(24-39-15-18-47(86)19-16-39)80-66(94)56(35-85)82-65(93)54(30-45-26-41-10-4-6-12-50(41)76-45)81-64(92)55(31-46-32-72-36-74-46)79-61(89)42-17-20-48(87)27-42/h3-6,9-12,15-16,18-19,25-26,32,36,38,42-43,51-57,59-60,75-76,85-86H,7-8,13-14,17,20-24,27-31,33-35,37H2,1-2H3,(H,72,74)(H,77,90)(H,78,91)(H,79,89)(H,80,94)(H,81,92)(H,82,93)(H4,70,71,73)/t42-,43-,51+,52-,53+,54+,55+,56+,57+,59-,60?/m1/s1. The third kappa shape index (κ3) is 18.9. The topological polar surface area (TPSA) is 414 Å². The minimum absolute atomic E-state index is 0.0163. The molecule has 11 atom stereocenters. The highest BCUT2D eigenvalue weighted by molar-refractivity contribution is 8.19. The number of aromatic nitrogens is 4. The first-order valence-corrected chi connectivity index (χ1v) is 35.5. The molecule has 1 aliphatic carbocycles. The van der Waals surface area contributed by atoms with Gasteiger partial charge in [-0.15, -0.1) is 23.5 Å². The number of carbonyl (C=O) groups is 10. The molecule has 6 heterocycles. The fourth-order valence-corrected chi connectivity index (χ4v) is 16.7. The van der Waals surface area contributed by atoms with Crippen molar-refractivity contribution in [1.29, 1.82) is 0 Å². The van der Waals surface area contributed by atoms with Crippen molar-refractivity contribution in [3.63, 3.8) is 0 Å². The van der Waals surface area contributed by atoms with Gasteiger partial charge in [0, 0.05) is 133 Å². The lowest BCUT2D eigenvalue weighted by atomic mass is 9.88. The largest absolute Gasteiger partial charge is 0.508 e. The van der Waals surface area contributed by atoms with E-state index in [0.717, 1.165) is 26.9 Å². The number of ketones is 2. The third-order valence-corrected chi connectivity index (χ3v) is 21.5. The highest BCUT2D eigenvalue weighted by Gasteiger charge is 2.46. The van der Waals surface area contributed by atoms with Crippen LogP contribution in [0.3, 0.4) is 0 Å². The molecular formula is C69H87N15O12S2.